The zero-order valence-corrected chi connectivity index (χ0v) is 10.6. The quantitative estimate of drug-likeness (QED) is 0.697. The lowest BCUT2D eigenvalue weighted by Crippen LogP contribution is -2.12. The molecule has 2 heterocycles. The van der Waals surface area contributed by atoms with Crippen molar-refractivity contribution in [2.45, 2.75) is 13.5 Å². The highest BCUT2D eigenvalue weighted by molar-refractivity contribution is 5.88. The molecular formula is C9H10N6O5. The predicted molar refractivity (Wildman–Crippen MR) is 60.4 cm³/mol. The fraction of sp³-hybridized carbons (Fsp3) is 0.333. The van der Waals surface area contributed by atoms with Crippen LogP contribution in [0.5, 0.6) is 0 Å². The van der Waals surface area contributed by atoms with Crippen molar-refractivity contribution in [1.82, 2.24) is 25.3 Å². The van der Waals surface area contributed by atoms with E-state index >= 15 is 0 Å². The van der Waals surface area contributed by atoms with Gasteiger partial charge in [-0.15, -0.1) is 5.10 Å². The molecule has 0 saturated heterocycles. The van der Waals surface area contributed by atoms with Gasteiger partial charge in [-0.3, -0.25) is 4.79 Å². The van der Waals surface area contributed by atoms with Crippen LogP contribution in [0, 0.1) is 0 Å². The first kappa shape index (κ1) is 13.5. The Labute approximate surface area is 111 Å². The van der Waals surface area contributed by atoms with E-state index in [1.54, 1.807) is 0 Å². The molecule has 2 aromatic heterocycles. The van der Waals surface area contributed by atoms with E-state index in [2.05, 4.69) is 30.0 Å². The van der Waals surface area contributed by atoms with Crippen molar-refractivity contribution >= 4 is 17.8 Å². The molecule has 0 aliphatic heterocycles. The molecule has 0 aromatic carbocycles. The molecule has 0 aliphatic carbocycles. The molecular weight excluding hydrogens is 272 g/mol. The van der Waals surface area contributed by atoms with Gasteiger partial charge in [0.05, 0.1) is 7.11 Å². The minimum absolute atomic E-state index is 0.0230. The SMILES string of the molecule is COC(=O)c1nnn(-c2nonc2N)c1COC(C)=O. The van der Waals surface area contributed by atoms with E-state index in [0.717, 1.165) is 4.68 Å². The Balaban J connectivity index is 2.46. The lowest BCUT2D eigenvalue weighted by molar-refractivity contribution is -0.142. The number of nitrogen functional groups attached to an aromatic ring is 1. The molecule has 0 spiro atoms. The number of nitrogens with zero attached hydrogens (tertiary/aromatic N) is 5. The summed E-state index contributed by atoms with van der Waals surface area (Å²) >= 11 is 0. The molecule has 0 saturated carbocycles. The Kier molecular flexibility index (Phi) is 3.59. The van der Waals surface area contributed by atoms with Crippen molar-refractivity contribution < 1.29 is 23.7 Å². The molecule has 0 radical (unpaired) electrons. The maximum Gasteiger partial charge on any atom is 0.360 e. The Morgan fingerprint density at radius 2 is 2.15 bits per heavy atom. The normalized spacial score (nSPS) is 10.3. The lowest BCUT2D eigenvalue weighted by atomic mass is 10.3. The van der Waals surface area contributed by atoms with Crippen LogP contribution in [0.25, 0.3) is 5.82 Å². The van der Waals surface area contributed by atoms with Crippen molar-refractivity contribution in [1.29, 1.82) is 0 Å². The molecule has 0 atom stereocenters. The topological polar surface area (TPSA) is 148 Å². The van der Waals surface area contributed by atoms with Gasteiger partial charge in [0.1, 0.15) is 12.3 Å². The minimum atomic E-state index is -0.742. The Morgan fingerprint density at radius 3 is 2.70 bits per heavy atom. The first-order valence-corrected chi connectivity index (χ1v) is 5.29. The summed E-state index contributed by atoms with van der Waals surface area (Å²) in [5.41, 5.74) is 5.54. The van der Waals surface area contributed by atoms with E-state index in [9.17, 15) is 9.59 Å². The number of hydrogen-bond acceptors (Lipinski definition) is 10. The van der Waals surface area contributed by atoms with Gasteiger partial charge in [0.15, 0.2) is 5.69 Å². The maximum absolute atomic E-state index is 11.6. The van der Waals surface area contributed by atoms with Gasteiger partial charge in [-0.05, 0) is 10.3 Å². The summed E-state index contributed by atoms with van der Waals surface area (Å²) in [6.45, 7) is 0.955. The zero-order chi connectivity index (χ0) is 14.7. The van der Waals surface area contributed by atoms with Crippen molar-refractivity contribution in [3.05, 3.63) is 11.4 Å². The van der Waals surface area contributed by atoms with Crippen molar-refractivity contribution in [3.63, 3.8) is 0 Å². The fourth-order valence-corrected chi connectivity index (χ4v) is 1.36. The largest absolute Gasteiger partial charge is 0.464 e. The van der Waals surface area contributed by atoms with Crippen LogP contribution in [-0.4, -0.2) is 44.4 Å². The highest BCUT2D eigenvalue weighted by Gasteiger charge is 2.25. The second-order valence-corrected chi connectivity index (χ2v) is 3.54. The summed E-state index contributed by atoms with van der Waals surface area (Å²) < 4.78 is 14.9. The number of ether oxygens (including phenoxy) is 2. The summed E-state index contributed by atoms with van der Waals surface area (Å²) in [6.07, 6.45) is 0. The Morgan fingerprint density at radius 1 is 1.40 bits per heavy atom. The molecule has 2 rings (SSSR count). The number of esters is 2. The summed E-state index contributed by atoms with van der Waals surface area (Å²) in [4.78, 5) is 22.5. The van der Waals surface area contributed by atoms with E-state index < -0.39 is 11.9 Å². The van der Waals surface area contributed by atoms with Crippen molar-refractivity contribution in [2.24, 2.45) is 0 Å². The summed E-state index contributed by atoms with van der Waals surface area (Å²) in [6, 6.07) is 0. The van der Waals surface area contributed by atoms with Crippen LogP contribution < -0.4 is 5.73 Å². The predicted octanol–water partition coefficient (Wildman–Crippen LogP) is -0.918. The van der Waals surface area contributed by atoms with Gasteiger partial charge in [0, 0.05) is 6.92 Å². The van der Waals surface area contributed by atoms with Crippen LogP contribution in [0.15, 0.2) is 4.63 Å². The minimum Gasteiger partial charge on any atom is -0.464 e. The van der Waals surface area contributed by atoms with Crippen LogP contribution in [-0.2, 0) is 20.9 Å². The van der Waals surface area contributed by atoms with Gasteiger partial charge in [-0.2, -0.15) is 4.68 Å². The highest BCUT2D eigenvalue weighted by atomic mass is 16.6. The molecule has 0 bridgehead atoms. The fourth-order valence-electron chi connectivity index (χ4n) is 1.36. The van der Waals surface area contributed by atoms with E-state index in [4.69, 9.17) is 10.5 Å². The third kappa shape index (κ3) is 2.41. The van der Waals surface area contributed by atoms with Gasteiger partial charge >= 0.3 is 11.9 Å². The standard InChI is InChI=1S/C9H10N6O5/c1-4(16)19-3-5-6(9(17)18-2)11-14-15(5)8-7(10)12-20-13-8/h3H2,1-2H3,(H2,10,12). The summed E-state index contributed by atoms with van der Waals surface area (Å²) in [5, 5.41) is 14.3. The van der Waals surface area contributed by atoms with Gasteiger partial charge in [0.2, 0.25) is 11.6 Å². The maximum atomic E-state index is 11.6. The van der Waals surface area contributed by atoms with Crippen LogP contribution in [0.3, 0.4) is 0 Å². The van der Waals surface area contributed by atoms with Gasteiger partial charge in [-0.1, -0.05) is 5.21 Å². The van der Waals surface area contributed by atoms with Gasteiger partial charge < -0.3 is 15.2 Å². The van der Waals surface area contributed by atoms with E-state index in [1.165, 1.54) is 14.0 Å². The molecule has 11 heteroatoms. The molecule has 2 aromatic rings. The van der Waals surface area contributed by atoms with Crippen molar-refractivity contribution in [2.75, 3.05) is 12.8 Å². The average Bonchev–Trinajstić information content (AvgIpc) is 3.00. The van der Waals surface area contributed by atoms with Gasteiger partial charge in [-0.25, -0.2) is 9.42 Å². The average molecular weight is 282 g/mol. The van der Waals surface area contributed by atoms with Crippen LogP contribution >= 0.6 is 0 Å². The number of carbonyl (C=O) groups excluding carboxylic acids is 2. The number of nitrogens with two attached hydrogens (primary N) is 1. The molecule has 0 fully saturated rings. The second kappa shape index (κ2) is 5.34. The van der Waals surface area contributed by atoms with Crippen LogP contribution in [0.1, 0.15) is 23.1 Å². The monoisotopic (exact) mass is 282 g/mol. The molecule has 20 heavy (non-hydrogen) atoms. The summed E-state index contributed by atoms with van der Waals surface area (Å²) in [5.74, 6) is -1.32. The third-order valence-corrected chi connectivity index (χ3v) is 2.25. The lowest BCUT2D eigenvalue weighted by Gasteiger charge is -2.05. The van der Waals surface area contributed by atoms with E-state index in [0.29, 0.717) is 0 Å². The van der Waals surface area contributed by atoms with Crippen LogP contribution in [0.4, 0.5) is 5.82 Å². The third-order valence-electron chi connectivity index (χ3n) is 2.25. The highest BCUT2D eigenvalue weighted by Crippen LogP contribution is 2.17. The molecule has 2 N–H and O–H groups in total. The van der Waals surface area contributed by atoms with E-state index in [1.807, 2.05) is 0 Å². The number of methoxy groups -OCH3 is 1. The number of hydrogen-bond donors (Lipinski definition) is 1. The van der Waals surface area contributed by atoms with Gasteiger partial charge in [0.25, 0.3) is 0 Å². The molecule has 0 unspecified atom stereocenters. The molecule has 106 valence electrons. The Hall–Kier alpha value is -2.98. The van der Waals surface area contributed by atoms with Crippen LogP contribution in [0.2, 0.25) is 0 Å². The molecule has 0 amide bonds. The number of rotatable bonds is 4. The first-order valence-electron chi connectivity index (χ1n) is 5.29. The summed E-state index contributed by atoms with van der Waals surface area (Å²) in [7, 11) is 1.18. The zero-order valence-electron chi connectivity index (χ0n) is 10.6. The van der Waals surface area contributed by atoms with E-state index in [-0.39, 0.29) is 29.6 Å². The van der Waals surface area contributed by atoms with Crippen molar-refractivity contribution in [3.8, 4) is 5.82 Å². The molecule has 0 aliphatic rings. The molecule has 11 nitrogen and oxygen atoms in total. The first-order chi connectivity index (χ1) is 9.54. The number of anilines is 1. The Bertz CT molecular complexity index is 647. The number of carbonyl (C=O) groups is 2. The number of aromatic nitrogens is 5. The smallest absolute Gasteiger partial charge is 0.360 e. The second-order valence-electron chi connectivity index (χ2n) is 3.54.